The Bertz CT molecular complexity index is 1170. The number of hydrogen-bond acceptors (Lipinski definition) is 5. The molecule has 2 amide bonds. The Labute approximate surface area is 237 Å². The van der Waals surface area contributed by atoms with Crippen LogP contribution in [0.2, 0.25) is 0 Å². The van der Waals surface area contributed by atoms with E-state index in [4.69, 9.17) is 10.6 Å². The van der Waals surface area contributed by atoms with Crippen LogP contribution in [0.25, 0.3) is 0 Å². The molecule has 7 nitrogen and oxygen atoms in total. The molecule has 40 heavy (non-hydrogen) atoms. The summed E-state index contributed by atoms with van der Waals surface area (Å²) in [6.45, 7) is 0.500. The molecule has 0 aliphatic rings. The zero-order valence-electron chi connectivity index (χ0n) is 23.1. The first kappa shape index (κ1) is 30.6. The number of nitrogens with two attached hydrogens (primary N) is 1. The lowest BCUT2D eigenvalue weighted by molar-refractivity contribution is -0.158. The molecule has 0 spiro atoms. The van der Waals surface area contributed by atoms with Crippen molar-refractivity contribution in [1.82, 2.24) is 10.8 Å². The maximum Gasteiger partial charge on any atom is 0.332 e. The summed E-state index contributed by atoms with van der Waals surface area (Å²) in [6.07, 6.45) is 7.25. The molecule has 0 saturated heterocycles. The molecule has 0 aliphatic heterocycles. The first-order valence-electron chi connectivity index (χ1n) is 14.2. The normalized spacial score (nSPS) is 11.4. The molecule has 3 aromatic rings. The molecule has 1 atom stereocenters. The minimum atomic E-state index is -0.589. The minimum absolute atomic E-state index is 0.147. The van der Waals surface area contributed by atoms with E-state index in [0.717, 1.165) is 49.7 Å². The lowest BCUT2D eigenvalue weighted by Gasteiger charge is -2.12. The first-order valence-corrected chi connectivity index (χ1v) is 14.2. The van der Waals surface area contributed by atoms with E-state index in [2.05, 4.69) is 47.2 Å². The van der Waals surface area contributed by atoms with Crippen LogP contribution in [0, 0.1) is 0 Å². The van der Waals surface area contributed by atoms with Crippen LogP contribution in [0.4, 0.5) is 0 Å². The summed E-state index contributed by atoms with van der Waals surface area (Å²) in [5.74, 6) is -1.02. The van der Waals surface area contributed by atoms with Crippen molar-refractivity contribution in [1.29, 1.82) is 0 Å². The Morgan fingerprint density at radius 3 is 1.90 bits per heavy atom. The van der Waals surface area contributed by atoms with Crippen molar-refractivity contribution in [3.63, 3.8) is 0 Å². The number of hydrogen-bond donors (Lipinski definition) is 3. The summed E-state index contributed by atoms with van der Waals surface area (Å²) in [7, 11) is 0. The van der Waals surface area contributed by atoms with Crippen LogP contribution in [0.3, 0.4) is 0 Å². The van der Waals surface area contributed by atoms with Gasteiger partial charge in [-0.1, -0.05) is 91.3 Å². The lowest BCUT2D eigenvalue weighted by atomic mass is 10.0. The van der Waals surface area contributed by atoms with Crippen LogP contribution in [0.1, 0.15) is 60.8 Å². The average molecular weight is 544 g/mol. The number of unbranched alkanes of at least 4 members (excludes halogenated alkanes) is 3. The minimum Gasteiger partial charge on any atom is -0.355 e. The molecule has 0 aromatic heterocycles. The van der Waals surface area contributed by atoms with Crippen molar-refractivity contribution in [2.45, 2.75) is 70.3 Å². The van der Waals surface area contributed by atoms with Gasteiger partial charge in [-0.05, 0) is 67.2 Å². The van der Waals surface area contributed by atoms with E-state index in [1.807, 2.05) is 48.5 Å². The van der Waals surface area contributed by atoms with E-state index in [-0.39, 0.29) is 24.7 Å². The fourth-order valence-corrected chi connectivity index (χ4v) is 4.39. The zero-order chi connectivity index (χ0) is 28.4. The monoisotopic (exact) mass is 543 g/mol. The van der Waals surface area contributed by atoms with Crippen LogP contribution >= 0.6 is 0 Å². The quantitative estimate of drug-likeness (QED) is 0.180. The molecule has 1 unspecified atom stereocenters. The average Bonchev–Trinajstić information content (AvgIpc) is 2.97. The molecule has 0 radical (unpaired) electrons. The van der Waals surface area contributed by atoms with Gasteiger partial charge in [0.1, 0.15) is 0 Å². The van der Waals surface area contributed by atoms with Gasteiger partial charge >= 0.3 is 5.97 Å². The Morgan fingerprint density at radius 2 is 1.25 bits per heavy atom. The number of carbonyl (C=O) groups is 3. The first-order chi connectivity index (χ1) is 19.5. The van der Waals surface area contributed by atoms with Crippen LogP contribution in [-0.2, 0) is 44.9 Å². The maximum absolute atomic E-state index is 12.2. The van der Waals surface area contributed by atoms with Crippen molar-refractivity contribution in [2.75, 3.05) is 6.54 Å². The molecule has 3 aromatic carbocycles. The highest BCUT2D eigenvalue weighted by Gasteiger charge is 2.13. The summed E-state index contributed by atoms with van der Waals surface area (Å²) < 4.78 is 0. The fourth-order valence-electron chi connectivity index (χ4n) is 4.39. The second-order valence-electron chi connectivity index (χ2n) is 10.1. The summed E-state index contributed by atoms with van der Waals surface area (Å²) in [5, 5.41) is 2.84. The predicted octanol–water partition coefficient (Wildman–Crippen LogP) is 4.62. The number of benzene rings is 3. The van der Waals surface area contributed by atoms with Gasteiger partial charge in [0.15, 0.2) is 0 Å². The van der Waals surface area contributed by atoms with E-state index >= 15 is 0 Å². The summed E-state index contributed by atoms with van der Waals surface area (Å²) in [6, 6.07) is 27.6. The van der Waals surface area contributed by atoms with Gasteiger partial charge in [0, 0.05) is 13.0 Å². The summed E-state index contributed by atoms with van der Waals surface area (Å²) >= 11 is 0. The number of carbonyl (C=O) groups excluding carboxylic acids is 3. The van der Waals surface area contributed by atoms with E-state index in [1.54, 1.807) is 0 Å². The topological polar surface area (TPSA) is 111 Å². The van der Waals surface area contributed by atoms with Gasteiger partial charge in [0.2, 0.25) is 5.91 Å². The maximum atomic E-state index is 12.2. The largest absolute Gasteiger partial charge is 0.355 e. The summed E-state index contributed by atoms with van der Waals surface area (Å²) in [5.41, 5.74) is 12.7. The van der Waals surface area contributed by atoms with Crippen molar-refractivity contribution >= 4 is 17.8 Å². The molecule has 0 saturated carbocycles. The molecule has 0 fully saturated rings. The Morgan fingerprint density at radius 1 is 0.675 bits per heavy atom. The van der Waals surface area contributed by atoms with Crippen LogP contribution in [0.15, 0.2) is 84.9 Å². The molecule has 3 rings (SSSR count). The lowest BCUT2D eigenvalue weighted by Crippen LogP contribution is -2.42. The second kappa shape index (κ2) is 17.6. The highest BCUT2D eigenvalue weighted by molar-refractivity contribution is 5.81. The number of aryl methyl sites for hydroxylation is 2. The van der Waals surface area contributed by atoms with Crippen molar-refractivity contribution in [2.24, 2.45) is 5.73 Å². The Kier molecular flexibility index (Phi) is 13.4. The number of rotatable bonds is 16. The standard InChI is InChI=1S/C33H41N3O4/c34-30(24-28-16-6-2-7-17-28)33(39)35-23-11-3-8-18-32(38)40-36-31(37)25-29-21-19-27(20-22-29)15-10-9-14-26-12-4-1-5-13-26/h1-2,4-7,12-13,16-17,19-22,30H,3,8-11,14-15,18,23-25,34H2,(H,35,39)(H,36,37). The second-order valence-corrected chi connectivity index (χ2v) is 10.1. The smallest absolute Gasteiger partial charge is 0.332 e. The van der Waals surface area contributed by atoms with Crippen molar-refractivity contribution < 1.29 is 19.2 Å². The van der Waals surface area contributed by atoms with Crippen LogP contribution in [-0.4, -0.2) is 30.4 Å². The van der Waals surface area contributed by atoms with Crippen LogP contribution in [0.5, 0.6) is 0 Å². The number of hydroxylamine groups is 1. The third kappa shape index (κ3) is 12.3. The molecular formula is C33H41N3O4. The molecule has 4 N–H and O–H groups in total. The van der Waals surface area contributed by atoms with E-state index in [1.165, 1.54) is 11.1 Å². The van der Waals surface area contributed by atoms with Gasteiger partial charge in [-0.25, -0.2) is 4.79 Å². The molecule has 212 valence electrons. The molecular weight excluding hydrogens is 502 g/mol. The third-order valence-corrected chi connectivity index (χ3v) is 6.68. The third-order valence-electron chi connectivity index (χ3n) is 6.68. The fraction of sp³-hybridized carbons (Fsp3) is 0.364. The number of nitrogens with one attached hydrogen (secondary N) is 2. The molecule has 0 aliphatic carbocycles. The highest BCUT2D eigenvalue weighted by atomic mass is 16.7. The van der Waals surface area contributed by atoms with Gasteiger partial charge in [-0.3, -0.25) is 9.59 Å². The molecule has 0 heterocycles. The van der Waals surface area contributed by atoms with Gasteiger partial charge < -0.3 is 15.9 Å². The Hall–Kier alpha value is -3.97. The van der Waals surface area contributed by atoms with Crippen LogP contribution < -0.4 is 16.5 Å². The van der Waals surface area contributed by atoms with E-state index in [9.17, 15) is 14.4 Å². The molecule has 0 bridgehead atoms. The predicted molar refractivity (Wildman–Crippen MR) is 157 cm³/mol. The van der Waals surface area contributed by atoms with Gasteiger partial charge in [0.25, 0.3) is 5.91 Å². The highest BCUT2D eigenvalue weighted by Crippen LogP contribution is 2.11. The number of amides is 2. The zero-order valence-corrected chi connectivity index (χ0v) is 23.1. The SMILES string of the molecule is NC(Cc1ccccc1)C(=O)NCCCCCC(=O)ONC(=O)Cc1ccc(CCCCc2ccccc2)cc1. The van der Waals surface area contributed by atoms with Gasteiger partial charge in [-0.15, -0.1) is 0 Å². The summed E-state index contributed by atoms with van der Waals surface area (Å²) in [4.78, 5) is 41.1. The van der Waals surface area contributed by atoms with Gasteiger partial charge in [0.05, 0.1) is 12.5 Å². The van der Waals surface area contributed by atoms with E-state index in [0.29, 0.717) is 19.4 Å². The van der Waals surface area contributed by atoms with Crippen molar-refractivity contribution in [3.05, 3.63) is 107 Å². The van der Waals surface area contributed by atoms with E-state index < -0.39 is 12.0 Å². The Balaban J connectivity index is 1.19. The van der Waals surface area contributed by atoms with Crippen molar-refractivity contribution in [3.8, 4) is 0 Å². The van der Waals surface area contributed by atoms with Gasteiger partial charge in [-0.2, -0.15) is 5.48 Å². The molecule has 7 heteroatoms.